The molecule has 0 bridgehead atoms. The molecule has 0 saturated carbocycles. The van der Waals surface area contributed by atoms with Gasteiger partial charge in [0.25, 0.3) is 0 Å². The summed E-state index contributed by atoms with van der Waals surface area (Å²) in [6.45, 7) is 11.3. The maximum Gasteiger partial charge on any atom is 0.122 e. The molecule has 2 aliphatic heterocycles. The van der Waals surface area contributed by atoms with Crippen LogP contribution in [-0.4, -0.2) is 50.5 Å². The summed E-state index contributed by atoms with van der Waals surface area (Å²) >= 11 is 0. The Balaban J connectivity index is 1.41. The van der Waals surface area contributed by atoms with Gasteiger partial charge in [0, 0.05) is 25.1 Å². The summed E-state index contributed by atoms with van der Waals surface area (Å²) in [5, 5.41) is 0. The van der Waals surface area contributed by atoms with Gasteiger partial charge in [0.05, 0.1) is 18.3 Å². The zero-order valence-corrected chi connectivity index (χ0v) is 16.8. The van der Waals surface area contributed by atoms with Crippen molar-refractivity contribution in [3.63, 3.8) is 0 Å². The van der Waals surface area contributed by atoms with Crippen molar-refractivity contribution in [3.05, 3.63) is 47.8 Å². The number of aromatic nitrogens is 3. The molecule has 0 spiro atoms. The normalized spacial score (nSPS) is 22.5. The Morgan fingerprint density at radius 2 is 1.93 bits per heavy atom. The number of rotatable bonds is 6. The molecule has 5 nitrogen and oxygen atoms in total. The zero-order chi connectivity index (χ0) is 18.6. The first-order chi connectivity index (χ1) is 13.2. The van der Waals surface area contributed by atoms with E-state index in [1.807, 2.05) is 18.5 Å². The van der Waals surface area contributed by atoms with Crippen molar-refractivity contribution >= 4 is 0 Å². The molecular weight excluding hydrogens is 334 g/mol. The van der Waals surface area contributed by atoms with Gasteiger partial charge in [-0.05, 0) is 76.3 Å². The predicted molar refractivity (Wildman–Crippen MR) is 108 cm³/mol. The number of hydrogen-bond donors (Lipinski definition) is 0. The monoisotopic (exact) mass is 367 g/mol. The molecule has 2 aliphatic rings. The van der Waals surface area contributed by atoms with Crippen molar-refractivity contribution in [1.29, 1.82) is 0 Å². The molecular formula is C22H33N5. The summed E-state index contributed by atoms with van der Waals surface area (Å²) in [5.41, 5.74) is 2.56. The van der Waals surface area contributed by atoms with Gasteiger partial charge in [0.2, 0.25) is 0 Å². The average molecular weight is 368 g/mol. The van der Waals surface area contributed by atoms with Crippen molar-refractivity contribution < 1.29 is 0 Å². The first-order valence-corrected chi connectivity index (χ1v) is 10.6. The van der Waals surface area contributed by atoms with E-state index in [2.05, 4.69) is 40.5 Å². The number of piperidine rings is 1. The van der Waals surface area contributed by atoms with E-state index in [-0.39, 0.29) is 0 Å². The summed E-state index contributed by atoms with van der Waals surface area (Å²) in [6.07, 6.45) is 11.2. The van der Waals surface area contributed by atoms with Crippen LogP contribution in [0.25, 0.3) is 0 Å². The van der Waals surface area contributed by atoms with Crippen LogP contribution in [0.15, 0.2) is 30.7 Å². The zero-order valence-electron chi connectivity index (χ0n) is 16.8. The van der Waals surface area contributed by atoms with Gasteiger partial charge in [0.1, 0.15) is 5.82 Å². The second-order valence-corrected chi connectivity index (χ2v) is 8.21. The molecule has 0 aliphatic carbocycles. The topological polar surface area (TPSA) is 37.2 Å². The molecule has 2 saturated heterocycles. The van der Waals surface area contributed by atoms with Crippen LogP contribution < -0.4 is 0 Å². The lowest BCUT2D eigenvalue weighted by Gasteiger charge is -2.31. The molecule has 146 valence electrons. The van der Waals surface area contributed by atoms with Gasteiger partial charge in [-0.1, -0.05) is 13.0 Å². The van der Waals surface area contributed by atoms with Crippen molar-refractivity contribution in [1.82, 2.24) is 24.3 Å². The van der Waals surface area contributed by atoms with Gasteiger partial charge in [-0.2, -0.15) is 0 Å². The summed E-state index contributed by atoms with van der Waals surface area (Å²) in [7, 11) is 0. The molecule has 2 aromatic rings. The molecule has 4 rings (SSSR count). The van der Waals surface area contributed by atoms with E-state index in [9.17, 15) is 0 Å². The number of imidazole rings is 1. The molecule has 27 heavy (non-hydrogen) atoms. The molecule has 2 aromatic heterocycles. The Labute approximate surface area is 163 Å². The van der Waals surface area contributed by atoms with E-state index < -0.39 is 0 Å². The first kappa shape index (κ1) is 18.6. The maximum absolute atomic E-state index is 4.72. The fourth-order valence-electron chi connectivity index (χ4n) is 4.77. The molecule has 1 unspecified atom stereocenters. The largest absolute Gasteiger partial charge is 0.334 e. The van der Waals surface area contributed by atoms with Gasteiger partial charge in [-0.25, -0.2) is 4.98 Å². The highest BCUT2D eigenvalue weighted by Crippen LogP contribution is 2.33. The lowest BCUT2D eigenvalue weighted by atomic mass is 9.97. The van der Waals surface area contributed by atoms with Crippen molar-refractivity contribution in [2.45, 2.75) is 58.7 Å². The van der Waals surface area contributed by atoms with Crippen molar-refractivity contribution in [2.24, 2.45) is 5.92 Å². The van der Waals surface area contributed by atoms with Crippen LogP contribution in [-0.2, 0) is 13.1 Å². The van der Waals surface area contributed by atoms with Gasteiger partial charge in [-0.3, -0.25) is 9.88 Å². The second-order valence-electron chi connectivity index (χ2n) is 8.21. The number of aryl methyl sites for hydroxylation is 1. The Morgan fingerprint density at radius 1 is 1.07 bits per heavy atom. The highest BCUT2D eigenvalue weighted by Gasteiger charge is 2.29. The minimum absolute atomic E-state index is 0.434. The lowest BCUT2D eigenvalue weighted by Crippen LogP contribution is -2.35. The first-order valence-electron chi connectivity index (χ1n) is 10.6. The standard InChI is InChI=1S/C22H33N5/c1-3-25-13-8-19(9-14-25)16-27-15-11-23-21(27)17-26-12-5-7-20(26)22-18(2)6-4-10-24-22/h4,6,10-11,15,19-20H,3,5,7-9,12-14,16-17H2,1-2H3. The average Bonchev–Trinajstić information content (AvgIpc) is 3.33. The SMILES string of the molecule is CCN1CCC(Cn2ccnc2CN2CCCC2c2ncccc2C)CC1. The van der Waals surface area contributed by atoms with E-state index in [4.69, 9.17) is 9.97 Å². The molecule has 0 radical (unpaired) electrons. The fraction of sp³-hybridized carbons (Fsp3) is 0.636. The van der Waals surface area contributed by atoms with Crippen LogP contribution in [0.3, 0.4) is 0 Å². The van der Waals surface area contributed by atoms with E-state index in [1.165, 1.54) is 62.4 Å². The van der Waals surface area contributed by atoms with Crippen LogP contribution >= 0.6 is 0 Å². The highest BCUT2D eigenvalue weighted by atomic mass is 15.2. The third-order valence-corrected chi connectivity index (χ3v) is 6.48. The Kier molecular flexibility index (Phi) is 5.89. The molecule has 4 heterocycles. The summed E-state index contributed by atoms with van der Waals surface area (Å²) in [4.78, 5) is 14.6. The minimum Gasteiger partial charge on any atom is -0.334 e. The van der Waals surface area contributed by atoms with Gasteiger partial charge < -0.3 is 9.47 Å². The fourth-order valence-corrected chi connectivity index (χ4v) is 4.77. The lowest BCUT2D eigenvalue weighted by molar-refractivity contribution is 0.177. The number of hydrogen-bond acceptors (Lipinski definition) is 4. The highest BCUT2D eigenvalue weighted by molar-refractivity contribution is 5.22. The summed E-state index contributed by atoms with van der Waals surface area (Å²) in [6, 6.07) is 4.65. The van der Waals surface area contributed by atoms with E-state index in [0.29, 0.717) is 6.04 Å². The second kappa shape index (κ2) is 8.53. The van der Waals surface area contributed by atoms with Gasteiger partial charge in [0.15, 0.2) is 0 Å². The van der Waals surface area contributed by atoms with Gasteiger partial charge >= 0.3 is 0 Å². The number of pyridine rings is 1. The van der Waals surface area contributed by atoms with Crippen LogP contribution in [0.2, 0.25) is 0 Å². The molecule has 5 heteroatoms. The Morgan fingerprint density at radius 3 is 2.70 bits per heavy atom. The summed E-state index contributed by atoms with van der Waals surface area (Å²) < 4.78 is 2.41. The predicted octanol–water partition coefficient (Wildman–Crippen LogP) is 3.66. The third-order valence-electron chi connectivity index (χ3n) is 6.48. The molecule has 0 N–H and O–H groups in total. The van der Waals surface area contributed by atoms with Crippen LogP contribution in [0.5, 0.6) is 0 Å². The quantitative estimate of drug-likeness (QED) is 0.781. The van der Waals surface area contributed by atoms with E-state index in [1.54, 1.807) is 0 Å². The van der Waals surface area contributed by atoms with Crippen LogP contribution in [0.1, 0.15) is 55.7 Å². The van der Waals surface area contributed by atoms with Crippen LogP contribution in [0.4, 0.5) is 0 Å². The number of nitrogens with zero attached hydrogens (tertiary/aromatic N) is 5. The van der Waals surface area contributed by atoms with Crippen molar-refractivity contribution in [3.8, 4) is 0 Å². The third kappa shape index (κ3) is 4.25. The van der Waals surface area contributed by atoms with Crippen molar-refractivity contribution in [2.75, 3.05) is 26.2 Å². The smallest absolute Gasteiger partial charge is 0.122 e. The molecule has 2 fully saturated rings. The van der Waals surface area contributed by atoms with E-state index in [0.717, 1.165) is 25.6 Å². The van der Waals surface area contributed by atoms with Crippen LogP contribution in [0, 0.1) is 12.8 Å². The molecule has 1 atom stereocenters. The Bertz CT molecular complexity index is 732. The molecule has 0 aromatic carbocycles. The number of likely N-dealkylation sites (tertiary alicyclic amines) is 2. The minimum atomic E-state index is 0.434. The van der Waals surface area contributed by atoms with Gasteiger partial charge in [-0.15, -0.1) is 0 Å². The molecule has 0 amide bonds. The maximum atomic E-state index is 4.72. The Hall–Kier alpha value is -1.72. The van der Waals surface area contributed by atoms with E-state index >= 15 is 0 Å². The summed E-state index contributed by atoms with van der Waals surface area (Å²) in [5.74, 6) is 2.00.